The molecule has 120 valence electrons. The first-order chi connectivity index (χ1) is 10.8. The molecule has 0 unspecified atom stereocenters. The summed E-state index contributed by atoms with van der Waals surface area (Å²) in [6.07, 6.45) is 5.95. The molecule has 1 saturated heterocycles. The molecule has 22 heavy (non-hydrogen) atoms. The highest BCUT2D eigenvalue weighted by Crippen LogP contribution is 2.19. The van der Waals surface area contributed by atoms with Crippen molar-refractivity contribution in [2.75, 3.05) is 20.1 Å². The smallest absolute Gasteiger partial charge is 0.146 e. The Bertz CT molecular complexity index is 557. The van der Waals surface area contributed by atoms with E-state index in [1.165, 1.54) is 12.8 Å². The minimum Gasteiger partial charge on any atom is -0.468 e. The zero-order valence-electron chi connectivity index (χ0n) is 13.5. The summed E-state index contributed by atoms with van der Waals surface area (Å²) >= 11 is 0. The maximum Gasteiger partial charge on any atom is 0.146 e. The zero-order chi connectivity index (χ0) is 15.4. The average Bonchev–Trinajstić information content (AvgIpc) is 3.19. The highest BCUT2D eigenvalue weighted by molar-refractivity contribution is 4.98. The lowest BCUT2D eigenvalue weighted by Gasteiger charge is -2.36. The second-order valence-electron chi connectivity index (χ2n) is 6.03. The third-order valence-electron chi connectivity index (χ3n) is 4.57. The zero-order valence-corrected chi connectivity index (χ0v) is 13.5. The van der Waals surface area contributed by atoms with Crippen molar-refractivity contribution < 1.29 is 4.42 Å². The van der Waals surface area contributed by atoms with E-state index in [4.69, 9.17) is 4.42 Å². The fraction of sp³-hybridized carbons (Fsp3) is 0.625. The summed E-state index contributed by atoms with van der Waals surface area (Å²) in [5.41, 5.74) is 0. The summed E-state index contributed by atoms with van der Waals surface area (Å²) in [7, 11) is 2.20. The summed E-state index contributed by atoms with van der Waals surface area (Å²) in [6, 6.07) is 4.63. The molecule has 0 spiro atoms. The fourth-order valence-corrected chi connectivity index (χ4v) is 3.16. The topological polar surface area (TPSA) is 50.3 Å². The van der Waals surface area contributed by atoms with E-state index < -0.39 is 0 Å². The molecular weight excluding hydrogens is 278 g/mol. The van der Waals surface area contributed by atoms with Crippen molar-refractivity contribution in [2.45, 2.75) is 45.4 Å². The molecule has 0 aliphatic carbocycles. The summed E-state index contributed by atoms with van der Waals surface area (Å²) < 4.78 is 7.55. The van der Waals surface area contributed by atoms with Gasteiger partial charge in [-0.25, -0.2) is 0 Å². The Labute approximate surface area is 131 Å². The summed E-state index contributed by atoms with van der Waals surface area (Å²) in [5.74, 6) is 2.12. The molecule has 0 N–H and O–H groups in total. The van der Waals surface area contributed by atoms with Crippen LogP contribution in [0.2, 0.25) is 0 Å². The van der Waals surface area contributed by atoms with E-state index in [-0.39, 0.29) is 0 Å². The van der Waals surface area contributed by atoms with Crippen molar-refractivity contribution in [3.8, 4) is 0 Å². The van der Waals surface area contributed by atoms with Gasteiger partial charge in [0.2, 0.25) is 0 Å². The molecule has 6 nitrogen and oxygen atoms in total. The van der Waals surface area contributed by atoms with Crippen LogP contribution in [0.15, 0.2) is 29.1 Å². The van der Waals surface area contributed by atoms with Crippen molar-refractivity contribution in [1.29, 1.82) is 0 Å². The van der Waals surface area contributed by atoms with Gasteiger partial charge in [0.25, 0.3) is 0 Å². The maximum atomic E-state index is 5.44. The lowest BCUT2D eigenvalue weighted by molar-refractivity contribution is 0.112. The number of likely N-dealkylation sites (tertiary alicyclic amines) is 1. The van der Waals surface area contributed by atoms with Crippen LogP contribution in [0.25, 0.3) is 0 Å². The normalized spacial score (nSPS) is 17.4. The molecule has 1 aliphatic heterocycles. The largest absolute Gasteiger partial charge is 0.468 e. The highest BCUT2D eigenvalue weighted by Gasteiger charge is 2.23. The van der Waals surface area contributed by atoms with Crippen LogP contribution in [-0.4, -0.2) is 50.7 Å². The third-order valence-corrected chi connectivity index (χ3v) is 4.57. The van der Waals surface area contributed by atoms with Crippen LogP contribution in [0.3, 0.4) is 0 Å². The number of nitrogens with zero attached hydrogens (tertiary/aromatic N) is 5. The number of aromatic nitrogens is 3. The maximum absolute atomic E-state index is 5.44. The molecule has 3 rings (SSSR count). The minimum atomic E-state index is 0.620. The lowest BCUT2D eigenvalue weighted by Crippen LogP contribution is -2.43. The standard InChI is InChI=1S/C16H25N5O/c1-3-21-13-17-18-16(21)12-19(2)14-6-8-20(9-7-14)11-15-5-4-10-22-15/h4-5,10,13-14H,3,6-9,11-12H2,1-2H3. The van der Waals surface area contributed by atoms with Gasteiger partial charge in [0, 0.05) is 25.7 Å². The molecule has 0 amide bonds. The summed E-state index contributed by atoms with van der Waals surface area (Å²) in [6.45, 7) is 7.09. The van der Waals surface area contributed by atoms with Gasteiger partial charge < -0.3 is 8.98 Å². The molecule has 3 heterocycles. The van der Waals surface area contributed by atoms with E-state index in [1.807, 2.05) is 12.4 Å². The highest BCUT2D eigenvalue weighted by atomic mass is 16.3. The Morgan fingerprint density at radius 2 is 2.18 bits per heavy atom. The second kappa shape index (κ2) is 7.07. The Hall–Kier alpha value is -1.66. The van der Waals surface area contributed by atoms with Gasteiger partial charge in [-0.15, -0.1) is 10.2 Å². The van der Waals surface area contributed by atoms with Crippen LogP contribution < -0.4 is 0 Å². The molecule has 2 aromatic rings. The molecule has 2 aromatic heterocycles. The third kappa shape index (κ3) is 3.56. The number of rotatable bonds is 6. The Morgan fingerprint density at radius 3 is 2.86 bits per heavy atom. The van der Waals surface area contributed by atoms with Crippen molar-refractivity contribution in [3.05, 3.63) is 36.3 Å². The van der Waals surface area contributed by atoms with Crippen LogP contribution in [0.4, 0.5) is 0 Å². The van der Waals surface area contributed by atoms with Crippen molar-refractivity contribution >= 4 is 0 Å². The monoisotopic (exact) mass is 303 g/mol. The number of furan rings is 1. The molecule has 1 aliphatic rings. The average molecular weight is 303 g/mol. The first-order valence-electron chi connectivity index (χ1n) is 8.08. The SMILES string of the molecule is CCn1cnnc1CN(C)C1CCN(Cc2ccco2)CC1. The quantitative estimate of drug-likeness (QED) is 0.817. The number of aryl methyl sites for hydroxylation is 1. The van der Waals surface area contributed by atoms with Crippen LogP contribution >= 0.6 is 0 Å². The van der Waals surface area contributed by atoms with Crippen molar-refractivity contribution in [1.82, 2.24) is 24.6 Å². The van der Waals surface area contributed by atoms with Gasteiger partial charge in [0.1, 0.15) is 17.9 Å². The molecule has 0 saturated carbocycles. The Balaban J connectivity index is 1.48. The van der Waals surface area contributed by atoms with E-state index in [1.54, 1.807) is 6.26 Å². The van der Waals surface area contributed by atoms with Crippen molar-refractivity contribution in [2.24, 2.45) is 0 Å². The molecule has 0 radical (unpaired) electrons. The van der Waals surface area contributed by atoms with Crippen molar-refractivity contribution in [3.63, 3.8) is 0 Å². The lowest BCUT2D eigenvalue weighted by atomic mass is 10.0. The van der Waals surface area contributed by atoms with E-state index in [9.17, 15) is 0 Å². The second-order valence-corrected chi connectivity index (χ2v) is 6.03. The van der Waals surface area contributed by atoms with Crippen LogP contribution in [0.5, 0.6) is 0 Å². The van der Waals surface area contributed by atoms with E-state index in [0.717, 1.165) is 44.3 Å². The molecule has 1 fully saturated rings. The number of hydrogen-bond donors (Lipinski definition) is 0. The summed E-state index contributed by atoms with van der Waals surface area (Å²) in [5, 5.41) is 8.25. The fourth-order valence-electron chi connectivity index (χ4n) is 3.16. The van der Waals surface area contributed by atoms with Gasteiger partial charge in [-0.1, -0.05) is 0 Å². The van der Waals surface area contributed by atoms with Gasteiger partial charge in [-0.3, -0.25) is 9.80 Å². The predicted octanol–water partition coefficient (Wildman–Crippen LogP) is 1.99. The number of piperidine rings is 1. The van der Waals surface area contributed by atoms with Crippen LogP contribution in [0.1, 0.15) is 31.4 Å². The van der Waals surface area contributed by atoms with E-state index >= 15 is 0 Å². The predicted molar refractivity (Wildman–Crippen MR) is 84.2 cm³/mol. The first kappa shape index (κ1) is 15.2. The Kier molecular flexibility index (Phi) is 4.90. The van der Waals surface area contributed by atoms with Gasteiger partial charge in [-0.2, -0.15) is 0 Å². The molecule has 6 heteroatoms. The molecule has 0 bridgehead atoms. The van der Waals surface area contributed by atoms with Crippen LogP contribution in [-0.2, 0) is 19.6 Å². The minimum absolute atomic E-state index is 0.620. The van der Waals surface area contributed by atoms with E-state index in [2.05, 4.69) is 44.6 Å². The first-order valence-corrected chi connectivity index (χ1v) is 8.08. The van der Waals surface area contributed by atoms with Gasteiger partial charge >= 0.3 is 0 Å². The van der Waals surface area contributed by atoms with Gasteiger partial charge in [0.05, 0.1) is 19.4 Å². The van der Waals surface area contributed by atoms with Crippen LogP contribution in [0, 0.1) is 0 Å². The molecular formula is C16H25N5O. The Morgan fingerprint density at radius 1 is 1.36 bits per heavy atom. The van der Waals surface area contributed by atoms with Gasteiger partial charge in [0.15, 0.2) is 0 Å². The van der Waals surface area contributed by atoms with Gasteiger partial charge in [-0.05, 0) is 38.9 Å². The number of hydrogen-bond acceptors (Lipinski definition) is 5. The van der Waals surface area contributed by atoms with E-state index in [0.29, 0.717) is 6.04 Å². The molecule has 0 aromatic carbocycles. The summed E-state index contributed by atoms with van der Waals surface area (Å²) in [4.78, 5) is 4.89. The molecule has 0 atom stereocenters.